The largest absolute Gasteiger partial charge is 0.489 e. The van der Waals surface area contributed by atoms with Gasteiger partial charge in [0.1, 0.15) is 12.4 Å². The highest BCUT2D eigenvalue weighted by Crippen LogP contribution is 2.34. The molecule has 1 aromatic heterocycles. The van der Waals surface area contributed by atoms with Crippen LogP contribution in [0, 0.1) is 6.92 Å². The molecule has 0 fully saturated rings. The van der Waals surface area contributed by atoms with Crippen LogP contribution in [0.15, 0.2) is 102 Å². The van der Waals surface area contributed by atoms with Gasteiger partial charge in [-0.15, -0.1) is 0 Å². The highest BCUT2D eigenvalue weighted by Gasteiger charge is 2.22. The molecule has 1 heterocycles. The molecule has 41 heavy (non-hydrogen) atoms. The van der Waals surface area contributed by atoms with Gasteiger partial charge in [0.25, 0.3) is 10.0 Å². The van der Waals surface area contributed by atoms with Crippen molar-refractivity contribution < 1.29 is 22.7 Å². The zero-order valence-electron chi connectivity index (χ0n) is 23.0. The fraction of sp³-hybridized carbons (Fsp3) is 0.182. The van der Waals surface area contributed by atoms with Crippen LogP contribution in [0.4, 0.5) is 0 Å². The van der Waals surface area contributed by atoms with E-state index in [1.54, 1.807) is 43.5 Å². The minimum absolute atomic E-state index is 0.111. The van der Waals surface area contributed by atoms with Gasteiger partial charge in [0.15, 0.2) is 0 Å². The number of carbonyl (C=O) groups is 1. The number of aromatic nitrogens is 1. The van der Waals surface area contributed by atoms with Gasteiger partial charge in [0.05, 0.1) is 23.4 Å². The molecule has 0 aliphatic heterocycles. The van der Waals surface area contributed by atoms with Gasteiger partial charge in [-0.25, -0.2) is 12.4 Å². The number of nitrogens with two attached hydrogens (primary N) is 1. The summed E-state index contributed by atoms with van der Waals surface area (Å²) in [6.45, 7) is 4.59. The number of aryl methyl sites for hydroxylation is 1. The number of carbonyl (C=O) groups excluding carboxylic acids is 1. The number of hydrogen-bond acceptors (Lipinski definition) is 6. The Morgan fingerprint density at radius 3 is 2.44 bits per heavy atom. The van der Waals surface area contributed by atoms with Gasteiger partial charge in [-0.3, -0.25) is 4.79 Å². The lowest BCUT2D eigenvalue weighted by atomic mass is 9.98. The van der Waals surface area contributed by atoms with Crippen LogP contribution in [0.25, 0.3) is 22.0 Å². The molecule has 0 unspecified atom stereocenters. The van der Waals surface area contributed by atoms with Crippen molar-refractivity contribution in [2.45, 2.75) is 38.3 Å². The Kier molecular flexibility index (Phi) is 8.23. The van der Waals surface area contributed by atoms with Crippen molar-refractivity contribution >= 4 is 26.9 Å². The zero-order chi connectivity index (χ0) is 29.0. The highest BCUT2D eigenvalue weighted by molar-refractivity contribution is 7.90. The van der Waals surface area contributed by atoms with Crippen LogP contribution >= 0.6 is 0 Å². The van der Waals surface area contributed by atoms with Gasteiger partial charge >= 0.3 is 5.97 Å². The molecule has 0 saturated heterocycles. The average molecular weight is 569 g/mol. The molecule has 0 spiro atoms. The standard InChI is InChI=1S/C33H32N2O5S/c1-3-39-32(36)20-27-8-4-5-10-31(27)40-22-25-18-28-15-16-35(41(37,38)29-13-11-23(2)12-14-29)33(28)30(19-25)26-9-6-7-24(17-26)21-34/h4-19H,3,20-22,34H2,1-2H3. The SMILES string of the molecule is CCOC(=O)Cc1ccccc1OCc1cc(-c2cccc(CN)c2)c2c(ccn2S(=O)(=O)c2ccc(C)cc2)c1. The summed E-state index contributed by atoms with van der Waals surface area (Å²) in [4.78, 5) is 12.3. The van der Waals surface area contributed by atoms with E-state index in [1.165, 1.54) is 3.97 Å². The summed E-state index contributed by atoms with van der Waals surface area (Å²) in [5, 5.41) is 0.759. The first-order chi connectivity index (χ1) is 19.8. The Hall–Kier alpha value is -4.40. The van der Waals surface area contributed by atoms with Crippen molar-refractivity contribution in [1.82, 2.24) is 3.97 Å². The summed E-state index contributed by atoms with van der Waals surface area (Å²) < 4.78 is 40.2. The fourth-order valence-electron chi connectivity index (χ4n) is 4.83. The van der Waals surface area contributed by atoms with Crippen molar-refractivity contribution in [3.05, 3.63) is 119 Å². The van der Waals surface area contributed by atoms with E-state index in [-0.39, 0.29) is 23.9 Å². The summed E-state index contributed by atoms with van der Waals surface area (Å²) in [5.41, 5.74) is 11.6. The zero-order valence-corrected chi connectivity index (χ0v) is 23.9. The van der Waals surface area contributed by atoms with Crippen LogP contribution in [0.2, 0.25) is 0 Å². The molecule has 0 aliphatic carbocycles. The maximum absolute atomic E-state index is 13.8. The molecular weight excluding hydrogens is 536 g/mol. The van der Waals surface area contributed by atoms with Crippen molar-refractivity contribution in [2.24, 2.45) is 5.73 Å². The molecule has 5 rings (SSSR count). The van der Waals surface area contributed by atoms with Crippen LogP contribution in [0.1, 0.15) is 29.2 Å². The quantitative estimate of drug-likeness (QED) is 0.208. The Bertz CT molecular complexity index is 1810. The van der Waals surface area contributed by atoms with Crippen LogP contribution in [-0.2, 0) is 39.1 Å². The maximum atomic E-state index is 13.8. The van der Waals surface area contributed by atoms with Crippen LogP contribution < -0.4 is 10.5 Å². The maximum Gasteiger partial charge on any atom is 0.310 e. The Labute approximate surface area is 240 Å². The number of ether oxygens (including phenoxy) is 2. The molecule has 0 aliphatic rings. The first-order valence-corrected chi connectivity index (χ1v) is 14.9. The predicted molar refractivity (Wildman–Crippen MR) is 160 cm³/mol. The van der Waals surface area contributed by atoms with E-state index in [4.69, 9.17) is 15.2 Å². The van der Waals surface area contributed by atoms with Crippen molar-refractivity contribution in [2.75, 3.05) is 6.61 Å². The van der Waals surface area contributed by atoms with Crippen molar-refractivity contribution in [1.29, 1.82) is 0 Å². The second-order valence-electron chi connectivity index (χ2n) is 9.79. The summed E-state index contributed by atoms with van der Waals surface area (Å²) >= 11 is 0. The molecule has 210 valence electrons. The lowest BCUT2D eigenvalue weighted by Gasteiger charge is -2.15. The first kappa shape index (κ1) is 28.1. The highest BCUT2D eigenvalue weighted by atomic mass is 32.2. The topological polar surface area (TPSA) is 101 Å². The first-order valence-electron chi connectivity index (χ1n) is 13.4. The lowest BCUT2D eigenvalue weighted by molar-refractivity contribution is -0.142. The van der Waals surface area contributed by atoms with E-state index < -0.39 is 10.0 Å². The number of fused-ring (bicyclic) bond motifs is 1. The van der Waals surface area contributed by atoms with Crippen LogP contribution in [0.5, 0.6) is 5.75 Å². The minimum atomic E-state index is -3.86. The number of benzene rings is 4. The Morgan fingerprint density at radius 2 is 1.68 bits per heavy atom. The van der Waals surface area contributed by atoms with Gasteiger partial charge in [-0.1, -0.05) is 54.1 Å². The molecule has 8 heteroatoms. The second kappa shape index (κ2) is 12.0. The number of esters is 1. The van der Waals surface area contributed by atoms with E-state index >= 15 is 0 Å². The molecule has 4 aromatic carbocycles. The molecule has 0 amide bonds. The number of para-hydroxylation sites is 1. The molecule has 0 radical (unpaired) electrons. The van der Waals surface area contributed by atoms with Gasteiger partial charge < -0.3 is 15.2 Å². The molecule has 2 N–H and O–H groups in total. The van der Waals surface area contributed by atoms with Crippen molar-refractivity contribution in [3.8, 4) is 16.9 Å². The van der Waals surface area contributed by atoms with Gasteiger partial charge in [0, 0.05) is 29.3 Å². The van der Waals surface area contributed by atoms with E-state index in [0.29, 0.717) is 24.4 Å². The van der Waals surface area contributed by atoms with E-state index in [1.807, 2.05) is 67.6 Å². The third-order valence-electron chi connectivity index (χ3n) is 6.87. The molecule has 5 aromatic rings. The third-order valence-corrected chi connectivity index (χ3v) is 8.56. The molecule has 0 saturated carbocycles. The van der Waals surface area contributed by atoms with Crippen molar-refractivity contribution in [3.63, 3.8) is 0 Å². The molecule has 0 atom stereocenters. The second-order valence-corrected chi connectivity index (χ2v) is 11.6. The van der Waals surface area contributed by atoms with Gasteiger partial charge in [-0.05, 0) is 73.0 Å². The Balaban J connectivity index is 1.58. The summed E-state index contributed by atoms with van der Waals surface area (Å²) in [7, 11) is -3.86. The van der Waals surface area contributed by atoms with E-state index in [2.05, 4.69) is 0 Å². The Morgan fingerprint density at radius 1 is 0.902 bits per heavy atom. The number of rotatable bonds is 10. The smallest absolute Gasteiger partial charge is 0.310 e. The normalized spacial score (nSPS) is 11.5. The molecule has 0 bridgehead atoms. The predicted octanol–water partition coefficient (Wildman–Crippen LogP) is 6.00. The minimum Gasteiger partial charge on any atom is -0.489 e. The number of nitrogens with zero attached hydrogens (tertiary/aromatic N) is 1. The molecular formula is C33H32N2O5S. The fourth-order valence-corrected chi connectivity index (χ4v) is 6.20. The van der Waals surface area contributed by atoms with Crippen LogP contribution in [0.3, 0.4) is 0 Å². The van der Waals surface area contributed by atoms with E-state index in [9.17, 15) is 13.2 Å². The summed E-state index contributed by atoms with van der Waals surface area (Å²) in [6, 6.07) is 27.7. The summed E-state index contributed by atoms with van der Waals surface area (Å²) in [5.74, 6) is 0.273. The van der Waals surface area contributed by atoms with Gasteiger partial charge in [-0.2, -0.15) is 0 Å². The number of hydrogen-bond donors (Lipinski definition) is 1. The lowest BCUT2D eigenvalue weighted by Crippen LogP contribution is -2.12. The average Bonchev–Trinajstić information content (AvgIpc) is 3.42. The summed E-state index contributed by atoms with van der Waals surface area (Å²) in [6.07, 6.45) is 1.70. The van der Waals surface area contributed by atoms with Gasteiger partial charge in [0.2, 0.25) is 0 Å². The van der Waals surface area contributed by atoms with Crippen LogP contribution in [-0.4, -0.2) is 25.0 Å². The third kappa shape index (κ3) is 6.04. The monoisotopic (exact) mass is 568 g/mol. The van der Waals surface area contributed by atoms with E-state index in [0.717, 1.165) is 38.8 Å². The molecule has 7 nitrogen and oxygen atoms in total.